The molecule has 0 spiro atoms. The maximum Gasteiger partial charge on any atom is 0.293 e. The van der Waals surface area contributed by atoms with E-state index in [1.807, 2.05) is 13.8 Å². The summed E-state index contributed by atoms with van der Waals surface area (Å²) in [7, 11) is 1.46. The molecule has 0 aliphatic rings. The Hall–Kier alpha value is -2.15. The molecule has 0 aliphatic carbocycles. The fourth-order valence-corrected chi connectivity index (χ4v) is 1.71. The number of carbonyl (C=O) groups excluding carboxylic acids is 1. The molecule has 0 aliphatic heterocycles. The molecule has 20 heavy (non-hydrogen) atoms. The van der Waals surface area contributed by atoms with Gasteiger partial charge in [0.25, 0.3) is 11.6 Å². The third kappa shape index (κ3) is 3.67. The molecule has 1 aromatic carbocycles. The lowest BCUT2D eigenvalue weighted by Gasteiger charge is -2.21. The van der Waals surface area contributed by atoms with Crippen LogP contribution in [0.2, 0.25) is 0 Å². The van der Waals surface area contributed by atoms with Crippen LogP contribution in [0.3, 0.4) is 0 Å². The lowest BCUT2D eigenvalue weighted by molar-refractivity contribution is -0.384. The van der Waals surface area contributed by atoms with Crippen molar-refractivity contribution in [1.29, 1.82) is 0 Å². The van der Waals surface area contributed by atoms with Crippen molar-refractivity contribution in [2.45, 2.75) is 19.9 Å². The highest BCUT2D eigenvalue weighted by molar-refractivity contribution is 5.95. The third-order valence-electron chi connectivity index (χ3n) is 3.03. The number of carbonyl (C=O) groups is 1. The van der Waals surface area contributed by atoms with Crippen LogP contribution in [-0.4, -0.2) is 35.6 Å². The van der Waals surface area contributed by atoms with Gasteiger partial charge in [-0.1, -0.05) is 13.8 Å². The maximum atomic E-state index is 11.5. The van der Waals surface area contributed by atoms with E-state index in [2.05, 4.69) is 10.6 Å². The van der Waals surface area contributed by atoms with Crippen LogP contribution >= 0.6 is 0 Å². The number of hydrogen-bond donors (Lipinski definition) is 3. The first-order valence-corrected chi connectivity index (χ1v) is 6.28. The number of rotatable bonds is 6. The molecule has 0 aromatic heterocycles. The molecule has 7 heteroatoms. The van der Waals surface area contributed by atoms with Crippen molar-refractivity contribution in [3.8, 4) is 0 Å². The van der Waals surface area contributed by atoms with Crippen LogP contribution in [0.25, 0.3) is 0 Å². The maximum absolute atomic E-state index is 11.5. The van der Waals surface area contributed by atoms with Gasteiger partial charge in [-0.05, 0) is 18.1 Å². The minimum Gasteiger partial charge on any atom is -0.394 e. The van der Waals surface area contributed by atoms with Gasteiger partial charge in [0, 0.05) is 18.7 Å². The van der Waals surface area contributed by atoms with Crippen molar-refractivity contribution in [1.82, 2.24) is 5.32 Å². The monoisotopic (exact) mass is 281 g/mol. The summed E-state index contributed by atoms with van der Waals surface area (Å²) in [5.74, 6) is -0.277. The number of nitrogens with zero attached hydrogens (tertiary/aromatic N) is 1. The minimum absolute atomic E-state index is 0.109. The van der Waals surface area contributed by atoms with E-state index < -0.39 is 4.92 Å². The second kappa shape index (κ2) is 6.85. The standard InChI is InChI=1S/C13H19N3O4/c1-8(2)11(7-17)15-10-5-4-9(13(18)14-3)6-12(10)16(19)20/h4-6,8,11,15,17H,7H2,1-3H3,(H,14,18). The summed E-state index contributed by atoms with van der Waals surface area (Å²) >= 11 is 0. The molecule has 1 rings (SSSR count). The Morgan fingerprint density at radius 3 is 2.55 bits per heavy atom. The highest BCUT2D eigenvalue weighted by Crippen LogP contribution is 2.27. The van der Waals surface area contributed by atoms with Gasteiger partial charge < -0.3 is 15.7 Å². The highest BCUT2D eigenvalue weighted by atomic mass is 16.6. The smallest absolute Gasteiger partial charge is 0.293 e. The van der Waals surface area contributed by atoms with E-state index in [-0.39, 0.29) is 41.4 Å². The largest absolute Gasteiger partial charge is 0.394 e. The lowest BCUT2D eigenvalue weighted by Crippen LogP contribution is -2.29. The third-order valence-corrected chi connectivity index (χ3v) is 3.03. The predicted octanol–water partition coefficient (Wildman–Crippen LogP) is 1.38. The van der Waals surface area contributed by atoms with Crippen molar-refractivity contribution < 1.29 is 14.8 Å². The number of hydrogen-bond acceptors (Lipinski definition) is 5. The number of nitro benzene ring substituents is 1. The number of nitrogens with one attached hydrogen (secondary N) is 2. The number of nitro groups is 1. The van der Waals surface area contributed by atoms with Gasteiger partial charge in [-0.15, -0.1) is 0 Å². The Bertz CT molecular complexity index is 502. The molecule has 7 nitrogen and oxygen atoms in total. The summed E-state index contributed by atoms with van der Waals surface area (Å²) in [5, 5.41) is 25.7. The summed E-state index contributed by atoms with van der Waals surface area (Å²) in [5.41, 5.74) is 0.315. The molecule has 0 heterocycles. The Morgan fingerprint density at radius 1 is 1.45 bits per heavy atom. The van der Waals surface area contributed by atoms with Gasteiger partial charge in [0.05, 0.1) is 17.6 Å². The SMILES string of the molecule is CNC(=O)c1ccc(NC(CO)C(C)C)c([N+](=O)[O-])c1. The van der Waals surface area contributed by atoms with Crippen molar-refractivity contribution in [2.75, 3.05) is 19.0 Å². The number of amides is 1. The normalized spacial score (nSPS) is 12.1. The van der Waals surface area contributed by atoms with Crippen LogP contribution in [0.1, 0.15) is 24.2 Å². The Labute approximate surface area is 117 Å². The summed E-state index contributed by atoms with van der Waals surface area (Å²) in [6.45, 7) is 3.67. The molecule has 0 bridgehead atoms. The molecule has 1 aromatic rings. The van der Waals surface area contributed by atoms with Crippen molar-refractivity contribution in [3.05, 3.63) is 33.9 Å². The fraction of sp³-hybridized carbons (Fsp3) is 0.462. The summed E-state index contributed by atoms with van der Waals surface area (Å²) in [6.07, 6.45) is 0. The molecular formula is C13H19N3O4. The Morgan fingerprint density at radius 2 is 2.10 bits per heavy atom. The number of aliphatic hydroxyl groups excluding tert-OH is 1. The number of aliphatic hydroxyl groups is 1. The minimum atomic E-state index is -0.552. The van der Waals surface area contributed by atoms with Crippen LogP contribution < -0.4 is 10.6 Å². The number of anilines is 1. The van der Waals surface area contributed by atoms with Crippen LogP contribution in [0, 0.1) is 16.0 Å². The van der Waals surface area contributed by atoms with E-state index in [4.69, 9.17) is 0 Å². The van der Waals surface area contributed by atoms with Gasteiger partial charge in [0.2, 0.25) is 0 Å². The summed E-state index contributed by atoms with van der Waals surface area (Å²) in [4.78, 5) is 22.0. The molecule has 0 saturated heterocycles. The Kier molecular flexibility index (Phi) is 5.45. The van der Waals surface area contributed by atoms with Crippen molar-refractivity contribution >= 4 is 17.3 Å². The van der Waals surface area contributed by atoms with Gasteiger partial charge in [-0.3, -0.25) is 14.9 Å². The van der Waals surface area contributed by atoms with E-state index in [0.29, 0.717) is 0 Å². The van der Waals surface area contributed by atoms with E-state index in [1.165, 1.54) is 25.2 Å². The molecule has 0 saturated carbocycles. The number of benzene rings is 1. The highest BCUT2D eigenvalue weighted by Gasteiger charge is 2.20. The van der Waals surface area contributed by atoms with Gasteiger partial charge in [0.1, 0.15) is 5.69 Å². The molecule has 0 fully saturated rings. The second-order valence-electron chi connectivity index (χ2n) is 4.75. The van der Waals surface area contributed by atoms with Gasteiger partial charge >= 0.3 is 0 Å². The zero-order chi connectivity index (χ0) is 15.3. The molecule has 110 valence electrons. The van der Waals surface area contributed by atoms with E-state index in [1.54, 1.807) is 0 Å². The van der Waals surface area contributed by atoms with Gasteiger partial charge in [-0.2, -0.15) is 0 Å². The fourth-order valence-electron chi connectivity index (χ4n) is 1.71. The van der Waals surface area contributed by atoms with Gasteiger partial charge in [0.15, 0.2) is 0 Å². The molecular weight excluding hydrogens is 262 g/mol. The topological polar surface area (TPSA) is 104 Å². The molecule has 1 atom stereocenters. The molecule has 3 N–H and O–H groups in total. The zero-order valence-corrected chi connectivity index (χ0v) is 11.7. The van der Waals surface area contributed by atoms with Crippen LogP contribution in [0.15, 0.2) is 18.2 Å². The van der Waals surface area contributed by atoms with Crippen molar-refractivity contribution in [3.63, 3.8) is 0 Å². The lowest BCUT2D eigenvalue weighted by atomic mass is 10.0. The first kappa shape index (κ1) is 15.9. The second-order valence-corrected chi connectivity index (χ2v) is 4.75. The molecule has 1 unspecified atom stereocenters. The first-order valence-electron chi connectivity index (χ1n) is 6.28. The van der Waals surface area contributed by atoms with Crippen molar-refractivity contribution in [2.24, 2.45) is 5.92 Å². The van der Waals surface area contributed by atoms with E-state index >= 15 is 0 Å². The quantitative estimate of drug-likeness (QED) is 0.540. The Balaban J connectivity index is 3.13. The predicted molar refractivity (Wildman–Crippen MR) is 75.8 cm³/mol. The molecule has 1 amide bonds. The van der Waals surface area contributed by atoms with Crippen LogP contribution in [0.4, 0.5) is 11.4 Å². The first-order chi connectivity index (χ1) is 9.40. The summed E-state index contributed by atoms with van der Waals surface area (Å²) < 4.78 is 0. The molecule has 0 radical (unpaired) electrons. The van der Waals surface area contributed by atoms with E-state index in [9.17, 15) is 20.0 Å². The zero-order valence-electron chi connectivity index (χ0n) is 11.7. The van der Waals surface area contributed by atoms with Crippen LogP contribution in [0.5, 0.6) is 0 Å². The van der Waals surface area contributed by atoms with E-state index in [0.717, 1.165) is 0 Å². The van der Waals surface area contributed by atoms with Crippen LogP contribution in [-0.2, 0) is 0 Å². The summed E-state index contributed by atoms with van der Waals surface area (Å²) in [6, 6.07) is 3.91. The van der Waals surface area contributed by atoms with Gasteiger partial charge in [-0.25, -0.2) is 0 Å². The average Bonchev–Trinajstić information content (AvgIpc) is 2.43. The average molecular weight is 281 g/mol.